The maximum atomic E-state index is 6.52. The zero-order valence-corrected chi connectivity index (χ0v) is 20.3. The fourth-order valence-corrected chi connectivity index (χ4v) is 5.14. The molecule has 0 spiro atoms. The molecule has 0 radical (unpaired) electrons. The number of ether oxygens (including phenoxy) is 3. The van der Waals surface area contributed by atoms with Crippen LogP contribution in [-0.4, -0.2) is 33.8 Å². The third-order valence-corrected chi connectivity index (χ3v) is 6.87. The Bertz CT molecular complexity index is 1800. The lowest BCUT2D eigenvalue weighted by molar-refractivity contribution is 0.354. The zero-order valence-electron chi connectivity index (χ0n) is 20.3. The van der Waals surface area contributed by atoms with Crippen molar-refractivity contribution < 1.29 is 14.2 Å². The van der Waals surface area contributed by atoms with Crippen molar-refractivity contribution in [3.63, 3.8) is 0 Å². The molecule has 0 amide bonds. The first-order valence-corrected chi connectivity index (χ1v) is 12.0. The summed E-state index contributed by atoms with van der Waals surface area (Å²) < 4.78 is 19.4. The van der Waals surface area contributed by atoms with Crippen LogP contribution < -0.4 is 14.2 Å². The Morgan fingerprint density at radius 2 is 1.65 bits per heavy atom. The smallest absolute Gasteiger partial charge is 0.228 e. The predicted molar refractivity (Wildman–Crippen MR) is 141 cm³/mol. The van der Waals surface area contributed by atoms with Gasteiger partial charge in [-0.15, -0.1) is 5.10 Å². The van der Waals surface area contributed by atoms with Gasteiger partial charge in [0.25, 0.3) is 0 Å². The van der Waals surface area contributed by atoms with Gasteiger partial charge in [0.05, 0.1) is 19.8 Å². The molecule has 2 aromatic heterocycles. The topological polar surface area (TPSA) is 70.8 Å². The van der Waals surface area contributed by atoms with E-state index in [4.69, 9.17) is 29.3 Å². The minimum absolute atomic E-state index is 0.216. The number of methoxy groups -OCH3 is 2. The number of rotatable bonds is 4. The maximum Gasteiger partial charge on any atom is 0.228 e. The Balaban J connectivity index is 1.52. The third-order valence-electron chi connectivity index (χ3n) is 6.87. The Labute approximate surface area is 212 Å². The molecule has 6 aromatic rings. The number of nitrogens with zero attached hydrogens (tertiary/aromatic N) is 4. The summed E-state index contributed by atoms with van der Waals surface area (Å²) in [6, 6.07) is 28.4. The molecule has 0 unspecified atom stereocenters. The molecular formula is C30H22N4O3. The van der Waals surface area contributed by atoms with Crippen LogP contribution in [0.15, 0.2) is 91.3 Å². The number of aromatic nitrogens is 4. The first kappa shape index (κ1) is 21.4. The molecular weight excluding hydrogens is 464 g/mol. The van der Waals surface area contributed by atoms with E-state index in [2.05, 4.69) is 30.3 Å². The van der Waals surface area contributed by atoms with E-state index in [-0.39, 0.29) is 5.92 Å². The molecule has 0 saturated heterocycles. The van der Waals surface area contributed by atoms with Crippen molar-refractivity contribution in [3.05, 3.63) is 108 Å². The quantitative estimate of drug-likeness (QED) is 0.293. The summed E-state index contributed by atoms with van der Waals surface area (Å²) in [7, 11) is 3.28. The molecule has 37 heavy (non-hydrogen) atoms. The van der Waals surface area contributed by atoms with Crippen molar-refractivity contribution in [3.8, 4) is 34.5 Å². The van der Waals surface area contributed by atoms with E-state index in [9.17, 15) is 0 Å². The second-order valence-electron chi connectivity index (χ2n) is 8.89. The van der Waals surface area contributed by atoms with E-state index in [1.54, 1.807) is 25.1 Å². The minimum Gasteiger partial charge on any atom is -0.493 e. The number of fused-ring (bicyclic) bond motifs is 6. The van der Waals surface area contributed by atoms with E-state index in [0.29, 0.717) is 28.9 Å². The second kappa shape index (κ2) is 8.34. The van der Waals surface area contributed by atoms with Gasteiger partial charge in [-0.1, -0.05) is 72.8 Å². The van der Waals surface area contributed by atoms with Crippen LogP contribution in [0.5, 0.6) is 23.1 Å². The van der Waals surface area contributed by atoms with Crippen LogP contribution in [0.4, 0.5) is 0 Å². The van der Waals surface area contributed by atoms with Crippen molar-refractivity contribution in [2.24, 2.45) is 0 Å². The van der Waals surface area contributed by atoms with E-state index in [0.717, 1.165) is 38.8 Å². The van der Waals surface area contributed by atoms with Crippen molar-refractivity contribution in [2.75, 3.05) is 14.2 Å². The van der Waals surface area contributed by atoms with Gasteiger partial charge in [0, 0.05) is 22.4 Å². The molecule has 1 atom stereocenters. The Hall–Kier alpha value is -4.91. The highest BCUT2D eigenvalue weighted by molar-refractivity contribution is 5.91. The fraction of sp³-hybridized carbons (Fsp3) is 0.100. The molecule has 4 aromatic carbocycles. The summed E-state index contributed by atoms with van der Waals surface area (Å²) in [5, 5.41) is 6.86. The third kappa shape index (κ3) is 3.31. The van der Waals surface area contributed by atoms with Gasteiger partial charge in [0.15, 0.2) is 23.0 Å². The Morgan fingerprint density at radius 1 is 0.838 bits per heavy atom. The van der Waals surface area contributed by atoms with E-state index in [1.165, 1.54) is 0 Å². The first-order valence-electron chi connectivity index (χ1n) is 12.0. The van der Waals surface area contributed by atoms with Crippen molar-refractivity contribution in [1.29, 1.82) is 0 Å². The van der Waals surface area contributed by atoms with Crippen molar-refractivity contribution in [1.82, 2.24) is 19.6 Å². The molecule has 180 valence electrons. The molecule has 7 nitrogen and oxygen atoms in total. The number of hydrogen-bond donors (Lipinski definition) is 0. The second-order valence-corrected chi connectivity index (χ2v) is 8.89. The summed E-state index contributed by atoms with van der Waals surface area (Å²) in [6.45, 7) is 0. The monoisotopic (exact) mass is 486 g/mol. The summed E-state index contributed by atoms with van der Waals surface area (Å²) >= 11 is 0. The largest absolute Gasteiger partial charge is 0.493 e. The van der Waals surface area contributed by atoms with Crippen LogP contribution in [0.3, 0.4) is 0 Å². The fourth-order valence-electron chi connectivity index (χ4n) is 5.14. The standard InChI is InChI=1S/C30H22N4O3/c1-35-23-15-13-20(16-24(23)36-2)25-22-14-12-18-8-6-7-11-21(18)27(22)37-30-26(25)29-32-28(33-34(29)17-31-30)19-9-4-3-5-10-19/h3-17,25H,1-2H3/t25-/m1/s1. The molecule has 0 bridgehead atoms. The molecule has 1 aliphatic rings. The van der Waals surface area contributed by atoms with E-state index in [1.807, 2.05) is 54.6 Å². The molecule has 1 aliphatic heterocycles. The van der Waals surface area contributed by atoms with Crippen LogP contribution in [-0.2, 0) is 0 Å². The SMILES string of the molecule is COc1ccc([C@@H]2c3ccc4ccccc4c3Oc3ncn4nc(-c5ccccc5)nc4c32)cc1OC. The lowest BCUT2D eigenvalue weighted by atomic mass is 9.82. The van der Waals surface area contributed by atoms with Gasteiger partial charge < -0.3 is 14.2 Å². The van der Waals surface area contributed by atoms with Gasteiger partial charge >= 0.3 is 0 Å². The first-order chi connectivity index (χ1) is 18.2. The van der Waals surface area contributed by atoms with E-state index >= 15 is 0 Å². The lowest BCUT2D eigenvalue weighted by Gasteiger charge is -2.29. The summed E-state index contributed by atoms with van der Waals surface area (Å²) in [5.41, 5.74) is 4.52. The molecule has 0 fully saturated rings. The van der Waals surface area contributed by atoms with Crippen LogP contribution in [0, 0.1) is 0 Å². The molecule has 7 rings (SSSR count). The Kier molecular flexibility index (Phi) is 4.82. The Morgan fingerprint density at radius 3 is 2.49 bits per heavy atom. The molecule has 7 heteroatoms. The number of hydrogen-bond acceptors (Lipinski definition) is 6. The van der Waals surface area contributed by atoms with Crippen LogP contribution >= 0.6 is 0 Å². The zero-order chi connectivity index (χ0) is 24.9. The van der Waals surface area contributed by atoms with Gasteiger partial charge in [0.1, 0.15) is 12.1 Å². The molecule has 0 saturated carbocycles. The van der Waals surface area contributed by atoms with Gasteiger partial charge in [-0.05, 0) is 23.1 Å². The highest BCUT2D eigenvalue weighted by Gasteiger charge is 2.34. The predicted octanol–water partition coefficient (Wildman–Crippen LogP) is 6.25. The summed E-state index contributed by atoms with van der Waals surface area (Å²) in [6.07, 6.45) is 1.66. The van der Waals surface area contributed by atoms with Gasteiger partial charge in [-0.25, -0.2) is 14.5 Å². The average Bonchev–Trinajstić information content (AvgIpc) is 3.41. The summed E-state index contributed by atoms with van der Waals surface area (Å²) in [5.74, 6) is 3.05. The van der Waals surface area contributed by atoms with Crippen LogP contribution in [0.25, 0.3) is 27.8 Å². The van der Waals surface area contributed by atoms with Crippen LogP contribution in [0.1, 0.15) is 22.6 Å². The summed E-state index contributed by atoms with van der Waals surface area (Å²) in [4.78, 5) is 9.65. The van der Waals surface area contributed by atoms with Gasteiger partial charge in [0.2, 0.25) is 5.88 Å². The molecule has 0 aliphatic carbocycles. The molecule has 0 N–H and O–H groups in total. The number of benzene rings is 4. The maximum absolute atomic E-state index is 6.52. The molecule has 3 heterocycles. The highest BCUT2D eigenvalue weighted by Crippen LogP contribution is 2.51. The average molecular weight is 487 g/mol. The van der Waals surface area contributed by atoms with Crippen LogP contribution in [0.2, 0.25) is 0 Å². The highest BCUT2D eigenvalue weighted by atomic mass is 16.5. The van der Waals surface area contributed by atoms with E-state index < -0.39 is 0 Å². The van der Waals surface area contributed by atoms with Crippen molar-refractivity contribution >= 4 is 16.4 Å². The normalized spacial score (nSPS) is 14.2. The van der Waals surface area contributed by atoms with Gasteiger partial charge in [-0.3, -0.25) is 0 Å². The minimum atomic E-state index is -0.216. The van der Waals surface area contributed by atoms with Crippen molar-refractivity contribution in [2.45, 2.75) is 5.92 Å². The van der Waals surface area contributed by atoms with Gasteiger partial charge in [-0.2, -0.15) is 0 Å². The lowest BCUT2D eigenvalue weighted by Crippen LogP contribution is -2.15.